The average molecular weight is 274 g/mol. The molecule has 1 rings (SSSR count). The summed E-state index contributed by atoms with van der Waals surface area (Å²) in [6, 6.07) is 0. The molecular weight excluding hydrogens is 261 g/mol. The zero-order chi connectivity index (χ0) is 9.90. The molecule has 0 aliphatic carbocycles. The predicted octanol–water partition coefficient (Wildman–Crippen LogP) is 1.49. The van der Waals surface area contributed by atoms with Gasteiger partial charge in [0.25, 0.3) is 0 Å². The number of hydrogen-bond donors (Lipinski definition) is 0. The van der Waals surface area contributed by atoms with E-state index >= 15 is 0 Å². The number of halogens is 2. The van der Waals surface area contributed by atoms with E-state index in [1.54, 1.807) is 0 Å². The number of hydrogen-bond acceptors (Lipinski definition) is 2. The number of sulfonamides is 1. The fourth-order valence-corrected chi connectivity index (χ4v) is 3.18. The first-order chi connectivity index (χ1) is 6.06. The molecule has 1 aliphatic rings. The molecule has 0 aromatic carbocycles. The summed E-state index contributed by atoms with van der Waals surface area (Å²) < 4.78 is 36.9. The van der Waals surface area contributed by atoms with Crippen molar-refractivity contribution in [2.45, 2.75) is 25.4 Å². The zero-order valence-corrected chi connectivity index (χ0v) is 9.65. The van der Waals surface area contributed by atoms with Crippen LogP contribution < -0.4 is 0 Å². The van der Waals surface area contributed by atoms with Gasteiger partial charge in [-0.25, -0.2) is 12.8 Å². The summed E-state index contributed by atoms with van der Waals surface area (Å²) >= 11 is 2.90. The molecule has 0 aromatic rings. The first-order valence-electron chi connectivity index (χ1n) is 4.24. The van der Waals surface area contributed by atoms with Crippen LogP contribution in [0.5, 0.6) is 0 Å². The summed E-state index contributed by atoms with van der Waals surface area (Å²) in [4.78, 5) is 0. The third-order valence-corrected chi connectivity index (χ3v) is 5.24. The van der Waals surface area contributed by atoms with E-state index in [4.69, 9.17) is 0 Å². The monoisotopic (exact) mass is 273 g/mol. The predicted molar refractivity (Wildman–Crippen MR) is 53.0 cm³/mol. The van der Waals surface area contributed by atoms with Gasteiger partial charge in [0.2, 0.25) is 10.0 Å². The Morgan fingerprint density at radius 2 is 2.15 bits per heavy atom. The van der Waals surface area contributed by atoms with Crippen molar-refractivity contribution >= 4 is 26.0 Å². The smallest absolute Gasteiger partial charge is 0.224 e. The molecule has 0 spiro atoms. The van der Waals surface area contributed by atoms with E-state index in [0.29, 0.717) is 13.0 Å². The van der Waals surface area contributed by atoms with E-state index in [1.165, 1.54) is 4.31 Å². The minimum absolute atomic E-state index is 0.0218. The maximum atomic E-state index is 13.0. The van der Waals surface area contributed by atoms with Gasteiger partial charge in [-0.15, -0.1) is 0 Å². The van der Waals surface area contributed by atoms with Gasteiger partial charge >= 0.3 is 0 Å². The van der Waals surface area contributed by atoms with Crippen LogP contribution >= 0.6 is 15.9 Å². The fraction of sp³-hybridized carbons (Fsp3) is 1.00. The summed E-state index contributed by atoms with van der Waals surface area (Å²) in [5.41, 5.74) is 0. The molecule has 1 saturated heterocycles. The van der Waals surface area contributed by atoms with Crippen molar-refractivity contribution in [3.05, 3.63) is 0 Å². The van der Waals surface area contributed by atoms with Gasteiger partial charge in [0, 0.05) is 13.1 Å². The highest BCUT2D eigenvalue weighted by atomic mass is 79.9. The molecule has 0 N–H and O–H groups in total. The molecule has 0 amide bonds. The Bertz CT molecular complexity index is 257. The maximum absolute atomic E-state index is 13.0. The van der Waals surface area contributed by atoms with Gasteiger partial charge in [-0.1, -0.05) is 15.9 Å². The van der Waals surface area contributed by atoms with E-state index in [0.717, 1.165) is 12.8 Å². The molecular formula is C7H13BrFNO2S. The number of rotatable bonds is 2. The van der Waals surface area contributed by atoms with Crippen molar-refractivity contribution in [2.75, 3.05) is 17.8 Å². The lowest BCUT2D eigenvalue weighted by atomic mass is 10.2. The van der Waals surface area contributed by atoms with E-state index < -0.39 is 16.2 Å². The van der Waals surface area contributed by atoms with Crippen LogP contribution in [0.4, 0.5) is 4.39 Å². The second-order valence-corrected chi connectivity index (χ2v) is 6.44. The Hall–Kier alpha value is 0.320. The number of nitrogens with zero attached hydrogens (tertiary/aromatic N) is 1. The standard InChI is InChI=1S/C7H13BrFNO2S/c8-6-13(11,12)10-4-2-1-3-7(9)5-10/h7H,1-6H2. The summed E-state index contributed by atoms with van der Waals surface area (Å²) in [5.74, 6) is 0. The third-order valence-electron chi connectivity index (χ3n) is 2.11. The zero-order valence-electron chi connectivity index (χ0n) is 7.25. The van der Waals surface area contributed by atoms with Crippen molar-refractivity contribution in [2.24, 2.45) is 0 Å². The van der Waals surface area contributed by atoms with Gasteiger partial charge in [-0.3, -0.25) is 0 Å². The molecule has 0 radical (unpaired) electrons. The molecule has 1 heterocycles. The van der Waals surface area contributed by atoms with Crippen molar-refractivity contribution in [1.29, 1.82) is 0 Å². The molecule has 13 heavy (non-hydrogen) atoms. The summed E-state index contributed by atoms with van der Waals surface area (Å²) in [6.45, 7) is 0.474. The van der Waals surface area contributed by atoms with E-state index in [1.807, 2.05) is 0 Å². The highest BCUT2D eigenvalue weighted by Crippen LogP contribution is 2.17. The van der Waals surface area contributed by atoms with E-state index in [9.17, 15) is 12.8 Å². The Morgan fingerprint density at radius 3 is 2.77 bits per heavy atom. The van der Waals surface area contributed by atoms with Gasteiger partial charge in [-0.05, 0) is 19.3 Å². The second kappa shape index (κ2) is 4.70. The quantitative estimate of drug-likeness (QED) is 0.715. The van der Waals surface area contributed by atoms with Crippen LogP contribution in [-0.2, 0) is 10.0 Å². The number of alkyl halides is 2. The van der Waals surface area contributed by atoms with Crippen LogP contribution in [0.25, 0.3) is 0 Å². The summed E-state index contributed by atoms with van der Waals surface area (Å²) in [7, 11) is -3.27. The lowest BCUT2D eigenvalue weighted by Crippen LogP contribution is -2.35. The van der Waals surface area contributed by atoms with Gasteiger partial charge in [-0.2, -0.15) is 4.31 Å². The minimum atomic E-state index is -3.27. The summed E-state index contributed by atoms with van der Waals surface area (Å²) in [6.07, 6.45) is 1.01. The molecule has 1 unspecified atom stereocenters. The Balaban J connectivity index is 2.68. The Labute approximate surface area is 86.5 Å². The lowest BCUT2D eigenvalue weighted by molar-refractivity contribution is 0.273. The molecule has 0 bridgehead atoms. The topological polar surface area (TPSA) is 37.4 Å². The molecule has 1 aliphatic heterocycles. The van der Waals surface area contributed by atoms with Crippen molar-refractivity contribution in [3.63, 3.8) is 0 Å². The minimum Gasteiger partial charge on any atom is -0.246 e. The van der Waals surface area contributed by atoms with Crippen LogP contribution in [0.2, 0.25) is 0 Å². The molecule has 78 valence electrons. The van der Waals surface area contributed by atoms with Crippen molar-refractivity contribution in [3.8, 4) is 0 Å². The third kappa shape index (κ3) is 3.18. The molecule has 0 aromatic heterocycles. The first kappa shape index (κ1) is 11.4. The van der Waals surface area contributed by atoms with E-state index in [-0.39, 0.29) is 11.2 Å². The van der Waals surface area contributed by atoms with Crippen LogP contribution in [0, 0.1) is 0 Å². The SMILES string of the molecule is O=S(=O)(CBr)N1CCCCC(F)C1. The van der Waals surface area contributed by atoms with Crippen LogP contribution in [0.3, 0.4) is 0 Å². The lowest BCUT2D eigenvalue weighted by Gasteiger charge is -2.19. The Kier molecular flexibility index (Phi) is 4.12. The molecule has 1 fully saturated rings. The maximum Gasteiger partial charge on any atom is 0.224 e. The molecule has 0 saturated carbocycles. The van der Waals surface area contributed by atoms with Crippen LogP contribution in [0.1, 0.15) is 19.3 Å². The normalized spacial score (nSPS) is 27.1. The fourth-order valence-electron chi connectivity index (χ4n) is 1.38. The van der Waals surface area contributed by atoms with Gasteiger partial charge in [0.1, 0.15) is 10.8 Å². The second-order valence-electron chi connectivity index (χ2n) is 3.17. The molecule has 6 heteroatoms. The highest BCUT2D eigenvalue weighted by Gasteiger charge is 2.25. The molecule has 1 atom stereocenters. The van der Waals surface area contributed by atoms with Gasteiger partial charge in [0.15, 0.2) is 0 Å². The van der Waals surface area contributed by atoms with Crippen LogP contribution in [0.15, 0.2) is 0 Å². The van der Waals surface area contributed by atoms with Gasteiger partial charge in [0.05, 0.1) is 0 Å². The van der Waals surface area contributed by atoms with Crippen molar-refractivity contribution in [1.82, 2.24) is 4.31 Å². The summed E-state index contributed by atoms with van der Waals surface area (Å²) in [5, 5.41) is 0. The van der Waals surface area contributed by atoms with Gasteiger partial charge < -0.3 is 0 Å². The van der Waals surface area contributed by atoms with Crippen LogP contribution in [-0.4, -0.2) is 36.6 Å². The van der Waals surface area contributed by atoms with E-state index in [2.05, 4.69) is 15.9 Å². The van der Waals surface area contributed by atoms with Crippen molar-refractivity contribution < 1.29 is 12.8 Å². The highest BCUT2D eigenvalue weighted by molar-refractivity contribution is 9.10. The average Bonchev–Trinajstić information content (AvgIpc) is 2.30. The first-order valence-corrected chi connectivity index (χ1v) is 6.97. The Morgan fingerprint density at radius 1 is 1.46 bits per heavy atom. The molecule has 3 nitrogen and oxygen atoms in total. The largest absolute Gasteiger partial charge is 0.246 e.